The summed E-state index contributed by atoms with van der Waals surface area (Å²) in [5.74, 6) is 0.498. The number of ether oxygens (including phenoxy) is 1. The Morgan fingerprint density at radius 1 is 1.25 bits per heavy atom. The van der Waals surface area contributed by atoms with Gasteiger partial charge in [0.2, 0.25) is 5.75 Å². The number of hydrogen-bond donors (Lipinski definition) is 1. The second kappa shape index (κ2) is 5.90. The average molecular weight is 293 g/mol. The van der Waals surface area contributed by atoms with Crippen molar-refractivity contribution in [3.8, 4) is 11.5 Å². The Morgan fingerprint density at radius 2 is 1.90 bits per heavy atom. The van der Waals surface area contributed by atoms with Crippen molar-refractivity contribution < 1.29 is 9.66 Å². The standard InChI is InChI=1S/C14H13ClN2O3/c1-9(16)10-5-7-11(8-6-10)20-14-12(15)3-2-4-13(14)17(18)19/h2-9H,16H2,1H3/t9-/m0/s1. The average Bonchev–Trinajstić information content (AvgIpc) is 2.41. The van der Waals surface area contributed by atoms with E-state index in [2.05, 4.69) is 0 Å². The molecule has 5 nitrogen and oxygen atoms in total. The monoisotopic (exact) mass is 292 g/mol. The van der Waals surface area contributed by atoms with Crippen molar-refractivity contribution in [1.82, 2.24) is 0 Å². The van der Waals surface area contributed by atoms with Gasteiger partial charge in [-0.2, -0.15) is 0 Å². The maximum atomic E-state index is 11.0. The van der Waals surface area contributed by atoms with E-state index in [0.29, 0.717) is 5.75 Å². The molecular weight excluding hydrogens is 280 g/mol. The highest BCUT2D eigenvalue weighted by Gasteiger charge is 2.18. The maximum Gasteiger partial charge on any atom is 0.313 e. The third kappa shape index (κ3) is 3.07. The van der Waals surface area contributed by atoms with E-state index < -0.39 is 4.92 Å². The second-order valence-electron chi connectivity index (χ2n) is 4.30. The number of benzene rings is 2. The summed E-state index contributed by atoms with van der Waals surface area (Å²) < 4.78 is 5.52. The third-order valence-electron chi connectivity index (χ3n) is 2.77. The smallest absolute Gasteiger partial charge is 0.313 e. The summed E-state index contributed by atoms with van der Waals surface area (Å²) in [5, 5.41) is 11.1. The number of nitrogens with two attached hydrogens (primary N) is 1. The molecule has 0 aromatic heterocycles. The predicted octanol–water partition coefficient (Wildman–Crippen LogP) is 4.06. The van der Waals surface area contributed by atoms with E-state index in [1.807, 2.05) is 19.1 Å². The Labute approximate surface area is 121 Å². The van der Waals surface area contributed by atoms with E-state index in [-0.39, 0.29) is 22.5 Å². The van der Waals surface area contributed by atoms with Crippen LogP contribution in [-0.4, -0.2) is 4.92 Å². The molecule has 6 heteroatoms. The largest absolute Gasteiger partial charge is 0.449 e. The third-order valence-corrected chi connectivity index (χ3v) is 3.07. The quantitative estimate of drug-likeness (QED) is 0.681. The number of hydrogen-bond acceptors (Lipinski definition) is 4. The molecule has 0 bridgehead atoms. The lowest BCUT2D eigenvalue weighted by Gasteiger charge is -2.10. The molecule has 0 unspecified atom stereocenters. The molecule has 20 heavy (non-hydrogen) atoms. The summed E-state index contributed by atoms with van der Waals surface area (Å²) in [7, 11) is 0. The summed E-state index contributed by atoms with van der Waals surface area (Å²) in [5.41, 5.74) is 6.53. The van der Waals surface area contributed by atoms with Crippen LogP contribution in [0.25, 0.3) is 0 Å². The van der Waals surface area contributed by atoms with Gasteiger partial charge in [0, 0.05) is 12.1 Å². The molecule has 0 radical (unpaired) electrons. The van der Waals surface area contributed by atoms with Crippen molar-refractivity contribution in [1.29, 1.82) is 0 Å². The number of nitro benzene ring substituents is 1. The van der Waals surface area contributed by atoms with Gasteiger partial charge in [0.15, 0.2) is 0 Å². The minimum absolute atomic E-state index is 0.0349. The Bertz CT molecular complexity index is 627. The molecule has 2 aromatic carbocycles. The van der Waals surface area contributed by atoms with Crippen LogP contribution >= 0.6 is 11.6 Å². The van der Waals surface area contributed by atoms with Crippen molar-refractivity contribution in [3.05, 3.63) is 63.2 Å². The van der Waals surface area contributed by atoms with Gasteiger partial charge < -0.3 is 10.5 Å². The SMILES string of the molecule is C[C@H](N)c1ccc(Oc2c(Cl)cccc2[N+](=O)[O-])cc1. The molecule has 2 N–H and O–H groups in total. The normalized spacial score (nSPS) is 11.9. The summed E-state index contributed by atoms with van der Waals surface area (Å²) >= 11 is 5.96. The second-order valence-corrected chi connectivity index (χ2v) is 4.71. The van der Waals surface area contributed by atoms with Crippen LogP contribution in [0.15, 0.2) is 42.5 Å². The zero-order valence-electron chi connectivity index (χ0n) is 10.7. The van der Waals surface area contributed by atoms with Gasteiger partial charge in [0.05, 0.1) is 9.95 Å². The van der Waals surface area contributed by atoms with E-state index in [1.54, 1.807) is 18.2 Å². The number of nitrogens with zero attached hydrogens (tertiary/aromatic N) is 1. The predicted molar refractivity (Wildman–Crippen MR) is 77.2 cm³/mol. The van der Waals surface area contributed by atoms with E-state index in [9.17, 15) is 10.1 Å². The van der Waals surface area contributed by atoms with Crippen LogP contribution in [0, 0.1) is 10.1 Å². The van der Waals surface area contributed by atoms with Crippen LogP contribution in [0.3, 0.4) is 0 Å². The van der Waals surface area contributed by atoms with Crippen LogP contribution in [0.4, 0.5) is 5.69 Å². The lowest BCUT2D eigenvalue weighted by Crippen LogP contribution is -2.04. The van der Waals surface area contributed by atoms with Crippen LogP contribution < -0.4 is 10.5 Å². The first kappa shape index (κ1) is 14.3. The highest BCUT2D eigenvalue weighted by atomic mass is 35.5. The molecule has 2 rings (SSSR count). The van der Waals surface area contributed by atoms with Gasteiger partial charge in [-0.1, -0.05) is 29.8 Å². The van der Waals surface area contributed by atoms with Crippen LogP contribution in [-0.2, 0) is 0 Å². The van der Waals surface area contributed by atoms with Crippen molar-refractivity contribution in [3.63, 3.8) is 0 Å². The minimum atomic E-state index is -0.530. The maximum absolute atomic E-state index is 11.0. The van der Waals surface area contributed by atoms with Crippen molar-refractivity contribution in [2.75, 3.05) is 0 Å². The lowest BCUT2D eigenvalue weighted by molar-refractivity contribution is -0.385. The molecular formula is C14H13ClN2O3. The van der Waals surface area contributed by atoms with Crippen molar-refractivity contribution in [2.24, 2.45) is 5.73 Å². The fourth-order valence-electron chi connectivity index (χ4n) is 1.70. The molecule has 0 heterocycles. The molecule has 0 fully saturated rings. The first-order valence-electron chi connectivity index (χ1n) is 5.95. The summed E-state index contributed by atoms with van der Waals surface area (Å²) in [6, 6.07) is 11.3. The van der Waals surface area contributed by atoms with Gasteiger partial charge in [-0.05, 0) is 30.7 Å². The van der Waals surface area contributed by atoms with Gasteiger partial charge in [-0.3, -0.25) is 10.1 Å². The molecule has 0 aliphatic carbocycles. The zero-order valence-corrected chi connectivity index (χ0v) is 11.5. The fraction of sp³-hybridized carbons (Fsp3) is 0.143. The molecule has 0 saturated heterocycles. The van der Waals surface area contributed by atoms with Crippen LogP contribution in [0.2, 0.25) is 5.02 Å². The molecule has 0 saturated carbocycles. The summed E-state index contributed by atoms with van der Waals surface area (Å²) in [6.45, 7) is 1.87. The Hall–Kier alpha value is -2.11. The molecule has 0 aliphatic heterocycles. The number of para-hydroxylation sites is 1. The molecule has 104 valence electrons. The topological polar surface area (TPSA) is 78.4 Å². The number of rotatable bonds is 4. The van der Waals surface area contributed by atoms with Gasteiger partial charge in [-0.25, -0.2) is 0 Å². The molecule has 0 amide bonds. The Morgan fingerprint density at radius 3 is 2.45 bits per heavy atom. The van der Waals surface area contributed by atoms with E-state index in [1.165, 1.54) is 12.1 Å². The van der Waals surface area contributed by atoms with E-state index in [0.717, 1.165) is 5.56 Å². The molecule has 0 aliphatic rings. The van der Waals surface area contributed by atoms with Gasteiger partial charge in [0.25, 0.3) is 0 Å². The molecule has 0 spiro atoms. The van der Waals surface area contributed by atoms with Crippen LogP contribution in [0.1, 0.15) is 18.5 Å². The van der Waals surface area contributed by atoms with Gasteiger partial charge >= 0.3 is 5.69 Å². The number of halogens is 1. The van der Waals surface area contributed by atoms with Crippen molar-refractivity contribution >= 4 is 17.3 Å². The van der Waals surface area contributed by atoms with E-state index in [4.69, 9.17) is 22.1 Å². The van der Waals surface area contributed by atoms with Crippen LogP contribution in [0.5, 0.6) is 11.5 Å². The summed E-state index contributed by atoms with van der Waals surface area (Å²) in [6.07, 6.45) is 0. The van der Waals surface area contributed by atoms with Gasteiger partial charge in [-0.15, -0.1) is 0 Å². The van der Waals surface area contributed by atoms with Crippen molar-refractivity contribution in [2.45, 2.75) is 13.0 Å². The molecule has 1 atom stereocenters. The first-order valence-corrected chi connectivity index (χ1v) is 6.33. The fourth-order valence-corrected chi connectivity index (χ4v) is 1.91. The summed E-state index contributed by atoms with van der Waals surface area (Å²) in [4.78, 5) is 10.4. The van der Waals surface area contributed by atoms with Gasteiger partial charge in [0.1, 0.15) is 5.75 Å². The number of nitro groups is 1. The zero-order chi connectivity index (χ0) is 14.7. The first-order chi connectivity index (χ1) is 9.49. The molecule has 2 aromatic rings. The Balaban J connectivity index is 2.32. The Kier molecular flexibility index (Phi) is 4.22. The highest BCUT2D eigenvalue weighted by molar-refractivity contribution is 6.32. The minimum Gasteiger partial charge on any atom is -0.449 e. The lowest BCUT2D eigenvalue weighted by atomic mass is 10.1. The van der Waals surface area contributed by atoms with E-state index >= 15 is 0 Å². The highest BCUT2D eigenvalue weighted by Crippen LogP contribution is 2.37.